The molecule has 1 heterocycles. The minimum atomic E-state index is 0.391. The average molecular weight is 239 g/mol. The zero-order valence-electron chi connectivity index (χ0n) is 10.5. The Morgan fingerprint density at radius 2 is 2.17 bits per heavy atom. The predicted octanol–water partition coefficient (Wildman–Crippen LogP) is 3.07. The summed E-state index contributed by atoms with van der Waals surface area (Å²) in [5.41, 5.74) is 11.6. The molecule has 3 rings (SSSR count). The van der Waals surface area contributed by atoms with E-state index in [1.165, 1.54) is 11.1 Å². The number of anilines is 2. The van der Waals surface area contributed by atoms with Gasteiger partial charge in [-0.3, -0.25) is 4.98 Å². The summed E-state index contributed by atoms with van der Waals surface area (Å²) >= 11 is 0. The molecule has 0 bridgehead atoms. The molecule has 0 fully saturated rings. The topological polar surface area (TPSA) is 50.9 Å². The third kappa shape index (κ3) is 2.04. The molecular formula is C15H17N3. The molecule has 1 aliphatic carbocycles. The number of nitrogens with zero attached hydrogens (tertiary/aromatic N) is 1. The molecule has 92 valence electrons. The lowest BCUT2D eigenvalue weighted by molar-refractivity contribution is 0.761. The number of rotatable bonds is 2. The first-order valence-corrected chi connectivity index (χ1v) is 6.30. The van der Waals surface area contributed by atoms with Gasteiger partial charge in [0.15, 0.2) is 0 Å². The van der Waals surface area contributed by atoms with Gasteiger partial charge in [0.25, 0.3) is 0 Å². The Morgan fingerprint density at radius 1 is 1.28 bits per heavy atom. The first kappa shape index (κ1) is 11.1. The maximum absolute atomic E-state index is 5.82. The summed E-state index contributed by atoms with van der Waals surface area (Å²) in [6, 6.07) is 10.7. The molecular weight excluding hydrogens is 222 g/mol. The number of hydrogen-bond donors (Lipinski definition) is 2. The van der Waals surface area contributed by atoms with Gasteiger partial charge in [-0.05, 0) is 55.2 Å². The van der Waals surface area contributed by atoms with Gasteiger partial charge in [0.2, 0.25) is 0 Å². The van der Waals surface area contributed by atoms with E-state index in [-0.39, 0.29) is 0 Å². The molecule has 1 atom stereocenters. The fourth-order valence-electron chi connectivity index (χ4n) is 2.62. The van der Waals surface area contributed by atoms with Crippen LogP contribution in [0.25, 0.3) is 0 Å². The first-order chi connectivity index (χ1) is 8.72. The Balaban J connectivity index is 1.85. The summed E-state index contributed by atoms with van der Waals surface area (Å²) in [5.74, 6) is 0. The van der Waals surface area contributed by atoms with E-state index in [9.17, 15) is 0 Å². The highest BCUT2D eigenvalue weighted by Gasteiger charge is 2.22. The molecule has 0 saturated carbocycles. The molecule has 0 saturated heterocycles. The Kier molecular flexibility index (Phi) is 2.67. The molecule has 0 radical (unpaired) electrons. The fourth-order valence-corrected chi connectivity index (χ4v) is 2.62. The van der Waals surface area contributed by atoms with Gasteiger partial charge in [-0.25, -0.2) is 0 Å². The number of benzene rings is 1. The smallest absolute Gasteiger partial charge is 0.0519 e. The van der Waals surface area contributed by atoms with Crippen molar-refractivity contribution in [3.8, 4) is 0 Å². The lowest BCUT2D eigenvalue weighted by atomic mass is 10.1. The van der Waals surface area contributed by atoms with Crippen LogP contribution in [0.15, 0.2) is 36.5 Å². The molecule has 0 aliphatic heterocycles. The van der Waals surface area contributed by atoms with E-state index >= 15 is 0 Å². The third-order valence-electron chi connectivity index (χ3n) is 3.48. The molecule has 3 nitrogen and oxygen atoms in total. The summed E-state index contributed by atoms with van der Waals surface area (Å²) in [6.07, 6.45) is 4.07. The van der Waals surface area contributed by atoms with E-state index in [1.54, 1.807) is 0 Å². The molecule has 1 aliphatic rings. The van der Waals surface area contributed by atoms with Crippen LogP contribution in [0.1, 0.15) is 29.3 Å². The van der Waals surface area contributed by atoms with Gasteiger partial charge in [-0.2, -0.15) is 0 Å². The van der Waals surface area contributed by atoms with Crippen LogP contribution in [0.5, 0.6) is 0 Å². The number of fused-ring (bicyclic) bond motifs is 1. The van der Waals surface area contributed by atoms with Crippen LogP contribution < -0.4 is 11.1 Å². The quantitative estimate of drug-likeness (QED) is 0.792. The first-order valence-electron chi connectivity index (χ1n) is 6.30. The van der Waals surface area contributed by atoms with Crippen LogP contribution in [0, 0.1) is 6.92 Å². The highest BCUT2D eigenvalue weighted by atomic mass is 14.9. The summed E-state index contributed by atoms with van der Waals surface area (Å²) < 4.78 is 0. The van der Waals surface area contributed by atoms with Crippen molar-refractivity contribution in [3.05, 3.63) is 53.3 Å². The molecule has 1 aromatic carbocycles. The zero-order chi connectivity index (χ0) is 12.5. The number of aryl methyl sites for hydroxylation is 2. The molecule has 1 aromatic heterocycles. The zero-order valence-corrected chi connectivity index (χ0v) is 10.5. The van der Waals surface area contributed by atoms with Crippen molar-refractivity contribution >= 4 is 11.4 Å². The normalized spacial score (nSPS) is 17.5. The molecule has 18 heavy (non-hydrogen) atoms. The lowest BCUT2D eigenvalue weighted by Gasteiger charge is -2.15. The second-order valence-corrected chi connectivity index (χ2v) is 4.88. The molecule has 3 N–H and O–H groups in total. The summed E-state index contributed by atoms with van der Waals surface area (Å²) in [7, 11) is 0. The van der Waals surface area contributed by atoms with E-state index in [1.807, 2.05) is 25.3 Å². The van der Waals surface area contributed by atoms with Crippen LogP contribution in [0.4, 0.5) is 11.4 Å². The number of aromatic nitrogens is 1. The molecule has 0 spiro atoms. The van der Waals surface area contributed by atoms with Gasteiger partial charge in [0.05, 0.1) is 6.04 Å². The van der Waals surface area contributed by atoms with Crippen LogP contribution >= 0.6 is 0 Å². The molecule has 2 aromatic rings. The Bertz CT molecular complexity index is 578. The van der Waals surface area contributed by atoms with Gasteiger partial charge in [-0.15, -0.1) is 0 Å². The average Bonchev–Trinajstić information content (AvgIpc) is 2.72. The maximum Gasteiger partial charge on any atom is 0.0519 e. The number of nitrogens with two attached hydrogens (primary N) is 1. The third-order valence-corrected chi connectivity index (χ3v) is 3.48. The van der Waals surface area contributed by atoms with Crippen LogP contribution in [0.2, 0.25) is 0 Å². The van der Waals surface area contributed by atoms with Crippen molar-refractivity contribution in [1.29, 1.82) is 0 Å². The standard InChI is InChI=1S/C15H17N3/c1-10-8-13(6-7-17-10)18-15-5-2-11-9-12(16)3-4-14(11)15/h3-4,6-9,15H,2,5,16H2,1H3,(H,17,18). The van der Waals surface area contributed by atoms with Crippen molar-refractivity contribution in [3.63, 3.8) is 0 Å². The Morgan fingerprint density at radius 3 is 3.00 bits per heavy atom. The van der Waals surface area contributed by atoms with Crippen LogP contribution in [0.3, 0.4) is 0 Å². The lowest BCUT2D eigenvalue weighted by Crippen LogP contribution is -2.07. The van der Waals surface area contributed by atoms with Gasteiger partial charge in [-0.1, -0.05) is 6.07 Å². The van der Waals surface area contributed by atoms with Gasteiger partial charge in [0.1, 0.15) is 0 Å². The van der Waals surface area contributed by atoms with Crippen LogP contribution in [-0.4, -0.2) is 4.98 Å². The van der Waals surface area contributed by atoms with Crippen molar-refractivity contribution < 1.29 is 0 Å². The van der Waals surface area contributed by atoms with E-state index in [0.717, 1.165) is 29.9 Å². The summed E-state index contributed by atoms with van der Waals surface area (Å²) in [5, 5.41) is 3.58. The van der Waals surface area contributed by atoms with Crippen LogP contribution in [-0.2, 0) is 6.42 Å². The van der Waals surface area contributed by atoms with Gasteiger partial charge in [0, 0.05) is 23.3 Å². The molecule has 3 heteroatoms. The van der Waals surface area contributed by atoms with E-state index in [4.69, 9.17) is 5.73 Å². The summed E-state index contributed by atoms with van der Waals surface area (Å²) in [6.45, 7) is 2.01. The number of nitrogen functional groups attached to an aromatic ring is 1. The van der Waals surface area contributed by atoms with Gasteiger partial charge >= 0.3 is 0 Å². The second kappa shape index (κ2) is 4.33. The van der Waals surface area contributed by atoms with Gasteiger partial charge < -0.3 is 11.1 Å². The highest BCUT2D eigenvalue weighted by molar-refractivity contribution is 5.52. The van der Waals surface area contributed by atoms with E-state index in [0.29, 0.717) is 6.04 Å². The minimum Gasteiger partial charge on any atom is -0.399 e. The Hall–Kier alpha value is -2.03. The predicted molar refractivity (Wildman–Crippen MR) is 74.5 cm³/mol. The molecule has 1 unspecified atom stereocenters. The van der Waals surface area contributed by atoms with E-state index in [2.05, 4.69) is 28.5 Å². The van der Waals surface area contributed by atoms with Crippen molar-refractivity contribution in [2.75, 3.05) is 11.1 Å². The van der Waals surface area contributed by atoms with Crippen molar-refractivity contribution in [2.24, 2.45) is 0 Å². The highest BCUT2D eigenvalue weighted by Crippen LogP contribution is 2.34. The number of hydrogen-bond acceptors (Lipinski definition) is 3. The van der Waals surface area contributed by atoms with E-state index < -0.39 is 0 Å². The monoisotopic (exact) mass is 239 g/mol. The maximum atomic E-state index is 5.82. The van der Waals surface area contributed by atoms with Crippen molar-refractivity contribution in [1.82, 2.24) is 4.98 Å². The largest absolute Gasteiger partial charge is 0.399 e. The minimum absolute atomic E-state index is 0.391. The SMILES string of the molecule is Cc1cc(NC2CCc3cc(N)ccc32)ccn1. The molecule has 0 amide bonds. The number of nitrogens with one attached hydrogen (secondary N) is 1. The fraction of sp³-hybridized carbons (Fsp3) is 0.267. The Labute approximate surface area is 107 Å². The summed E-state index contributed by atoms with van der Waals surface area (Å²) in [4.78, 5) is 4.21. The second-order valence-electron chi connectivity index (χ2n) is 4.88. The van der Waals surface area contributed by atoms with Crippen molar-refractivity contribution in [2.45, 2.75) is 25.8 Å². The number of pyridine rings is 1.